The number of carbonyl (C=O) groups excluding carboxylic acids is 2. The Bertz CT molecular complexity index is 576. The molecule has 1 aromatic rings. The molecule has 0 aromatic heterocycles. The number of amides is 2. The number of hydrogen-bond donors (Lipinski definition) is 2. The largest absolute Gasteiger partial charge is 0.466 e. The summed E-state index contributed by atoms with van der Waals surface area (Å²) in [7, 11) is 1.32. The van der Waals surface area contributed by atoms with E-state index in [0.717, 1.165) is 5.56 Å². The lowest BCUT2D eigenvalue weighted by atomic mass is 10.0. The lowest BCUT2D eigenvalue weighted by Gasteiger charge is -2.25. The molecule has 20 heavy (non-hydrogen) atoms. The molecule has 5 nitrogen and oxygen atoms in total. The molecule has 2 N–H and O–H groups in total. The summed E-state index contributed by atoms with van der Waals surface area (Å²) >= 11 is 0. The molecule has 1 heterocycles. The highest BCUT2D eigenvalue weighted by Gasteiger charge is 2.28. The Morgan fingerprint density at radius 2 is 2.00 bits per heavy atom. The Labute approximate surface area is 117 Å². The molecule has 0 radical (unpaired) electrons. The van der Waals surface area contributed by atoms with Crippen molar-refractivity contribution in [3.63, 3.8) is 0 Å². The fourth-order valence-electron chi connectivity index (χ4n) is 2.03. The number of ether oxygens (including phenoxy) is 1. The highest BCUT2D eigenvalue weighted by atomic mass is 16.5. The topological polar surface area (TPSA) is 67.4 Å². The summed E-state index contributed by atoms with van der Waals surface area (Å²) in [6, 6.07) is 8.80. The van der Waals surface area contributed by atoms with Crippen LogP contribution in [-0.4, -0.2) is 25.2 Å². The fourth-order valence-corrected chi connectivity index (χ4v) is 2.03. The molecule has 104 valence electrons. The zero-order valence-corrected chi connectivity index (χ0v) is 11.3. The fraction of sp³-hybridized carbons (Fsp3) is 0.200. The van der Waals surface area contributed by atoms with E-state index in [-0.39, 0.29) is 6.03 Å². The standard InChI is InChI=1S/C15H16N2O3/c1-10-13(14(18)20-2)12(17-15(19)16-10)9-8-11-6-4-3-5-7-11/h3-9,12H,1-2H3,(H2,16,17,19)/b9-8+/t12-/m0/s1. The van der Waals surface area contributed by atoms with E-state index < -0.39 is 12.0 Å². The van der Waals surface area contributed by atoms with Crippen LogP contribution in [-0.2, 0) is 9.53 Å². The first kappa shape index (κ1) is 13.9. The second kappa shape index (κ2) is 6.06. The van der Waals surface area contributed by atoms with Gasteiger partial charge in [-0.05, 0) is 12.5 Å². The van der Waals surface area contributed by atoms with Crippen molar-refractivity contribution in [2.45, 2.75) is 13.0 Å². The van der Waals surface area contributed by atoms with Gasteiger partial charge in [0, 0.05) is 5.70 Å². The highest BCUT2D eigenvalue weighted by molar-refractivity contribution is 5.95. The minimum Gasteiger partial charge on any atom is -0.466 e. The molecule has 0 saturated carbocycles. The van der Waals surface area contributed by atoms with Gasteiger partial charge >= 0.3 is 12.0 Å². The van der Waals surface area contributed by atoms with Gasteiger partial charge in [-0.3, -0.25) is 0 Å². The summed E-state index contributed by atoms with van der Waals surface area (Å²) in [6.07, 6.45) is 3.62. The molecule has 0 bridgehead atoms. The quantitative estimate of drug-likeness (QED) is 0.825. The SMILES string of the molecule is COC(=O)C1=C(C)NC(=O)N[C@H]1/C=C/c1ccccc1. The number of benzene rings is 1. The van der Waals surface area contributed by atoms with Gasteiger partial charge in [-0.15, -0.1) is 0 Å². The molecule has 2 amide bonds. The van der Waals surface area contributed by atoms with E-state index in [0.29, 0.717) is 11.3 Å². The molecule has 1 aromatic carbocycles. The Kier molecular flexibility index (Phi) is 4.20. The number of methoxy groups -OCH3 is 1. The first-order valence-corrected chi connectivity index (χ1v) is 6.21. The lowest BCUT2D eigenvalue weighted by molar-refractivity contribution is -0.136. The van der Waals surface area contributed by atoms with Crippen LogP contribution in [0.4, 0.5) is 4.79 Å². The second-order valence-corrected chi connectivity index (χ2v) is 4.38. The van der Waals surface area contributed by atoms with Crippen molar-refractivity contribution in [2.75, 3.05) is 7.11 Å². The van der Waals surface area contributed by atoms with Crippen LogP contribution in [0.25, 0.3) is 6.08 Å². The van der Waals surface area contributed by atoms with Gasteiger partial charge in [0.15, 0.2) is 0 Å². The van der Waals surface area contributed by atoms with Crippen molar-refractivity contribution in [1.82, 2.24) is 10.6 Å². The summed E-state index contributed by atoms with van der Waals surface area (Å²) in [5.74, 6) is -0.460. The van der Waals surface area contributed by atoms with Gasteiger partial charge < -0.3 is 15.4 Å². The number of esters is 1. The van der Waals surface area contributed by atoms with E-state index in [1.54, 1.807) is 13.0 Å². The Hall–Kier alpha value is -2.56. The molecule has 1 aliphatic heterocycles. The summed E-state index contributed by atoms with van der Waals surface area (Å²) in [6.45, 7) is 1.67. The molecule has 5 heteroatoms. The number of nitrogens with one attached hydrogen (secondary N) is 2. The van der Waals surface area contributed by atoms with E-state index >= 15 is 0 Å². The van der Waals surface area contributed by atoms with Gasteiger partial charge in [-0.1, -0.05) is 42.5 Å². The summed E-state index contributed by atoms with van der Waals surface area (Å²) in [5, 5.41) is 5.25. The molecular weight excluding hydrogens is 256 g/mol. The Morgan fingerprint density at radius 3 is 2.65 bits per heavy atom. The second-order valence-electron chi connectivity index (χ2n) is 4.38. The average molecular weight is 272 g/mol. The zero-order valence-electron chi connectivity index (χ0n) is 11.3. The van der Waals surface area contributed by atoms with Gasteiger partial charge in [0.05, 0.1) is 18.7 Å². The molecule has 0 unspecified atom stereocenters. The number of carbonyl (C=O) groups is 2. The molecule has 1 aliphatic rings. The monoisotopic (exact) mass is 272 g/mol. The van der Waals surface area contributed by atoms with Gasteiger partial charge in [0.1, 0.15) is 0 Å². The predicted molar refractivity (Wildman–Crippen MR) is 75.6 cm³/mol. The first-order chi connectivity index (χ1) is 9.61. The Balaban J connectivity index is 2.28. The first-order valence-electron chi connectivity index (χ1n) is 6.21. The van der Waals surface area contributed by atoms with Crippen LogP contribution in [0, 0.1) is 0 Å². The van der Waals surface area contributed by atoms with Crippen LogP contribution in [0.15, 0.2) is 47.7 Å². The van der Waals surface area contributed by atoms with Crippen LogP contribution in [0.3, 0.4) is 0 Å². The van der Waals surface area contributed by atoms with Crippen molar-refractivity contribution < 1.29 is 14.3 Å². The normalized spacial score (nSPS) is 18.7. The van der Waals surface area contributed by atoms with Gasteiger partial charge in [-0.2, -0.15) is 0 Å². The van der Waals surface area contributed by atoms with Crippen LogP contribution in [0.2, 0.25) is 0 Å². The van der Waals surface area contributed by atoms with Crippen LogP contribution < -0.4 is 10.6 Å². The smallest absolute Gasteiger partial charge is 0.337 e. The van der Waals surface area contributed by atoms with Crippen molar-refractivity contribution in [3.8, 4) is 0 Å². The number of allylic oxidation sites excluding steroid dienone is 1. The molecule has 0 aliphatic carbocycles. The summed E-state index contributed by atoms with van der Waals surface area (Å²) < 4.78 is 4.76. The third-order valence-corrected chi connectivity index (χ3v) is 2.99. The lowest BCUT2D eigenvalue weighted by Crippen LogP contribution is -2.49. The zero-order chi connectivity index (χ0) is 14.5. The molecule has 1 atom stereocenters. The van der Waals surface area contributed by atoms with Gasteiger partial charge in [-0.25, -0.2) is 9.59 Å². The number of urea groups is 1. The predicted octanol–water partition coefficient (Wildman–Crippen LogP) is 1.83. The molecule has 0 spiro atoms. The van der Waals surface area contributed by atoms with Crippen molar-refractivity contribution >= 4 is 18.1 Å². The van der Waals surface area contributed by atoms with E-state index in [1.807, 2.05) is 36.4 Å². The van der Waals surface area contributed by atoms with Crippen molar-refractivity contribution in [1.29, 1.82) is 0 Å². The van der Waals surface area contributed by atoms with E-state index in [9.17, 15) is 9.59 Å². The number of hydrogen-bond acceptors (Lipinski definition) is 3. The average Bonchev–Trinajstić information content (AvgIpc) is 2.45. The van der Waals surface area contributed by atoms with E-state index in [2.05, 4.69) is 10.6 Å². The third-order valence-electron chi connectivity index (χ3n) is 2.99. The maximum Gasteiger partial charge on any atom is 0.337 e. The van der Waals surface area contributed by atoms with Crippen LogP contribution in [0.5, 0.6) is 0 Å². The molecular formula is C15H16N2O3. The van der Waals surface area contributed by atoms with E-state index in [1.165, 1.54) is 7.11 Å². The Morgan fingerprint density at radius 1 is 1.30 bits per heavy atom. The summed E-state index contributed by atoms with van der Waals surface area (Å²) in [5.41, 5.74) is 1.89. The minimum absolute atomic E-state index is 0.335. The van der Waals surface area contributed by atoms with Gasteiger partial charge in [0.2, 0.25) is 0 Å². The van der Waals surface area contributed by atoms with Crippen molar-refractivity contribution in [2.24, 2.45) is 0 Å². The maximum absolute atomic E-state index is 11.8. The third kappa shape index (κ3) is 3.06. The van der Waals surface area contributed by atoms with Gasteiger partial charge in [0.25, 0.3) is 0 Å². The molecule has 2 rings (SSSR count). The highest BCUT2D eigenvalue weighted by Crippen LogP contribution is 2.16. The van der Waals surface area contributed by atoms with Crippen LogP contribution in [0.1, 0.15) is 12.5 Å². The summed E-state index contributed by atoms with van der Waals surface area (Å²) in [4.78, 5) is 23.3. The van der Waals surface area contributed by atoms with Crippen molar-refractivity contribution in [3.05, 3.63) is 53.2 Å². The molecule has 0 fully saturated rings. The molecule has 0 saturated heterocycles. The minimum atomic E-state index is -0.503. The maximum atomic E-state index is 11.8. The number of rotatable bonds is 3. The van der Waals surface area contributed by atoms with Crippen LogP contribution >= 0.6 is 0 Å². The van der Waals surface area contributed by atoms with E-state index in [4.69, 9.17) is 4.74 Å².